The van der Waals surface area contributed by atoms with E-state index in [9.17, 15) is 4.39 Å². The molecule has 0 saturated heterocycles. The van der Waals surface area contributed by atoms with Crippen LogP contribution < -0.4 is 0 Å². The molecule has 1 saturated carbocycles. The lowest BCUT2D eigenvalue weighted by Gasteiger charge is -2.12. The zero-order valence-electron chi connectivity index (χ0n) is 15.8. The number of hydrogen-bond acceptors (Lipinski definition) is 3. The Hall–Kier alpha value is -3.08. The molecule has 0 amide bonds. The molecule has 0 N–H and O–H groups in total. The Kier molecular flexibility index (Phi) is 4.15. The molecular weight excluding hydrogens is 351 g/mol. The van der Waals surface area contributed by atoms with Crippen LogP contribution in [0.15, 0.2) is 55.0 Å². The third-order valence-electron chi connectivity index (χ3n) is 5.46. The number of rotatable bonds is 5. The molecule has 1 aliphatic rings. The molecule has 0 aliphatic heterocycles. The van der Waals surface area contributed by atoms with E-state index in [0.29, 0.717) is 0 Å². The van der Waals surface area contributed by atoms with E-state index in [0.717, 1.165) is 51.7 Å². The first-order valence-electron chi connectivity index (χ1n) is 9.73. The van der Waals surface area contributed by atoms with Gasteiger partial charge in [0.1, 0.15) is 11.6 Å². The van der Waals surface area contributed by atoms with Gasteiger partial charge in [0.05, 0.1) is 17.2 Å². The van der Waals surface area contributed by atoms with Gasteiger partial charge in [0.2, 0.25) is 0 Å². The number of pyridine rings is 2. The summed E-state index contributed by atoms with van der Waals surface area (Å²) in [6.45, 7) is 2.10. The van der Waals surface area contributed by atoms with Gasteiger partial charge in [-0.2, -0.15) is 0 Å². The van der Waals surface area contributed by atoms with Gasteiger partial charge in [0.15, 0.2) is 0 Å². The van der Waals surface area contributed by atoms with Crippen molar-refractivity contribution in [2.45, 2.75) is 32.6 Å². The van der Waals surface area contributed by atoms with E-state index in [4.69, 9.17) is 9.97 Å². The maximum Gasteiger partial charge on any atom is 0.147 e. The van der Waals surface area contributed by atoms with Crippen molar-refractivity contribution in [1.82, 2.24) is 19.5 Å². The summed E-state index contributed by atoms with van der Waals surface area (Å²) in [6.07, 6.45) is 10.4. The summed E-state index contributed by atoms with van der Waals surface area (Å²) in [5.41, 5.74) is 5.86. The molecule has 0 radical (unpaired) electrons. The Morgan fingerprint density at radius 3 is 2.68 bits per heavy atom. The van der Waals surface area contributed by atoms with Crippen LogP contribution in [0, 0.1) is 18.7 Å². The van der Waals surface area contributed by atoms with Crippen molar-refractivity contribution in [1.29, 1.82) is 0 Å². The summed E-state index contributed by atoms with van der Waals surface area (Å²) in [5.74, 6) is 1.44. The van der Waals surface area contributed by atoms with E-state index in [-0.39, 0.29) is 5.82 Å². The molecule has 3 heterocycles. The fourth-order valence-corrected chi connectivity index (χ4v) is 3.70. The van der Waals surface area contributed by atoms with Crippen molar-refractivity contribution in [3.8, 4) is 17.1 Å². The van der Waals surface area contributed by atoms with Crippen LogP contribution >= 0.6 is 0 Å². The van der Waals surface area contributed by atoms with E-state index in [1.165, 1.54) is 31.4 Å². The average Bonchev–Trinajstić information content (AvgIpc) is 3.46. The third-order valence-corrected chi connectivity index (χ3v) is 5.46. The first-order chi connectivity index (χ1) is 13.7. The summed E-state index contributed by atoms with van der Waals surface area (Å²) in [4.78, 5) is 13.8. The van der Waals surface area contributed by atoms with E-state index >= 15 is 0 Å². The molecular formula is C23H21FN4. The highest BCUT2D eigenvalue weighted by Crippen LogP contribution is 2.34. The Morgan fingerprint density at radius 1 is 1.11 bits per heavy atom. The minimum atomic E-state index is -0.259. The maximum atomic E-state index is 13.5. The molecule has 5 rings (SSSR count). The number of halogens is 1. The fourth-order valence-electron chi connectivity index (χ4n) is 3.70. The van der Waals surface area contributed by atoms with Crippen molar-refractivity contribution >= 4 is 11.0 Å². The minimum absolute atomic E-state index is 0.259. The van der Waals surface area contributed by atoms with Crippen LogP contribution in [-0.4, -0.2) is 19.5 Å². The summed E-state index contributed by atoms with van der Waals surface area (Å²) in [6, 6.07) is 10.5. The Balaban J connectivity index is 1.62. The monoisotopic (exact) mass is 372 g/mol. The third kappa shape index (κ3) is 3.17. The van der Waals surface area contributed by atoms with Gasteiger partial charge in [0.25, 0.3) is 0 Å². The highest BCUT2D eigenvalue weighted by Gasteiger charge is 2.21. The molecule has 140 valence electrons. The molecule has 5 heteroatoms. The molecule has 4 nitrogen and oxygen atoms in total. The molecule has 1 aliphatic carbocycles. The van der Waals surface area contributed by atoms with Crippen LogP contribution in [0.25, 0.3) is 28.1 Å². The van der Waals surface area contributed by atoms with Gasteiger partial charge >= 0.3 is 0 Å². The summed E-state index contributed by atoms with van der Waals surface area (Å²) < 4.78 is 15.5. The SMILES string of the molecule is Cc1cc(CCC2CC2)ncc1-c1nc2ccncc2n1-c1ccc(F)cc1. The van der Waals surface area contributed by atoms with Gasteiger partial charge in [-0.05, 0) is 67.6 Å². The van der Waals surface area contributed by atoms with E-state index in [1.807, 2.05) is 16.8 Å². The molecule has 1 aromatic carbocycles. The zero-order valence-corrected chi connectivity index (χ0v) is 15.8. The second-order valence-electron chi connectivity index (χ2n) is 7.58. The second-order valence-corrected chi connectivity index (χ2v) is 7.58. The lowest BCUT2D eigenvalue weighted by molar-refractivity contribution is 0.627. The molecule has 0 spiro atoms. The number of benzene rings is 1. The zero-order chi connectivity index (χ0) is 19.1. The van der Waals surface area contributed by atoms with Gasteiger partial charge in [-0.1, -0.05) is 12.8 Å². The quantitative estimate of drug-likeness (QED) is 0.479. The largest absolute Gasteiger partial charge is 0.291 e. The molecule has 1 fully saturated rings. The topological polar surface area (TPSA) is 43.6 Å². The molecule has 0 atom stereocenters. The van der Waals surface area contributed by atoms with Crippen molar-refractivity contribution in [3.05, 3.63) is 72.1 Å². The molecule has 4 aromatic rings. The predicted octanol–water partition coefficient (Wildman–Crippen LogP) is 5.27. The van der Waals surface area contributed by atoms with Gasteiger partial charge in [-0.15, -0.1) is 0 Å². The lowest BCUT2D eigenvalue weighted by atomic mass is 10.1. The lowest BCUT2D eigenvalue weighted by Crippen LogP contribution is -2.01. The van der Waals surface area contributed by atoms with Crippen LogP contribution in [0.3, 0.4) is 0 Å². The van der Waals surface area contributed by atoms with Crippen LogP contribution in [-0.2, 0) is 6.42 Å². The van der Waals surface area contributed by atoms with Gasteiger partial charge in [0, 0.05) is 29.3 Å². The standard InChI is InChI=1S/C23H21FN4/c1-15-12-18(7-4-16-2-3-16)26-13-20(15)23-27-21-10-11-25-14-22(21)28(23)19-8-5-17(24)6-9-19/h5-6,8-14,16H,2-4,7H2,1H3. The number of aryl methyl sites for hydroxylation is 2. The number of fused-ring (bicyclic) bond motifs is 1. The Morgan fingerprint density at radius 2 is 1.93 bits per heavy atom. The summed E-state index contributed by atoms with van der Waals surface area (Å²) in [7, 11) is 0. The van der Waals surface area contributed by atoms with Crippen molar-refractivity contribution in [3.63, 3.8) is 0 Å². The van der Waals surface area contributed by atoms with Crippen molar-refractivity contribution in [2.75, 3.05) is 0 Å². The van der Waals surface area contributed by atoms with Gasteiger partial charge < -0.3 is 0 Å². The summed E-state index contributed by atoms with van der Waals surface area (Å²) >= 11 is 0. The average molecular weight is 372 g/mol. The van der Waals surface area contributed by atoms with Gasteiger partial charge in [-0.25, -0.2) is 9.37 Å². The minimum Gasteiger partial charge on any atom is -0.291 e. The Bertz CT molecular complexity index is 1140. The number of aromatic nitrogens is 4. The van der Waals surface area contributed by atoms with Crippen LogP contribution in [0.4, 0.5) is 4.39 Å². The van der Waals surface area contributed by atoms with Crippen LogP contribution in [0.1, 0.15) is 30.5 Å². The van der Waals surface area contributed by atoms with Gasteiger partial charge in [-0.3, -0.25) is 14.5 Å². The van der Waals surface area contributed by atoms with Crippen LogP contribution in [0.5, 0.6) is 0 Å². The normalized spacial score (nSPS) is 13.9. The highest BCUT2D eigenvalue weighted by atomic mass is 19.1. The smallest absolute Gasteiger partial charge is 0.147 e. The summed E-state index contributed by atoms with van der Waals surface area (Å²) in [5, 5.41) is 0. The predicted molar refractivity (Wildman–Crippen MR) is 108 cm³/mol. The number of nitrogens with zero attached hydrogens (tertiary/aromatic N) is 4. The molecule has 0 bridgehead atoms. The van der Waals surface area contributed by atoms with Crippen LogP contribution in [0.2, 0.25) is 0 Å². The van der Waals surface area contributed by atoms with E-state index in [1.54, 1.807) is 24.5 Å². The van der Waals surface area contributed by atoms with E-state index in [2.05, 4.69) is 18.0 Å². The molecule has 28 heavy (non-hydrogen) atoms. The second kappa shape index (κ2) is 6.82. The molecule has 3 aromatic heterocycles. The first kappa shape index (κ1) is 17.0. The van der Waals surface area contributed by atoms with E-state index < -0.39 is 0 Å². The van der Waals surface area contributed by atoms with Crippen molar-refractivity contribution in [2.24, 2.45) is 5.92 Å². The molecule has 0 unspecified atom stereocenters. The first-order valence-corrected chi connectivity index (χ1v) is 9.73. The fraction of sp³-hybridized carbons (Fsp3) is 0.261. The number of imidazole rings is 1. The van der Waals surface area contributed by atoms with Crippen molar-refractivity contribution < 1.29 is 4.39 Å². The maximum absolute atomic E-state index is 13.5. The highest BCUT2D eigenvalue weighted by molar-refractivity contribution is 5.82. The number of hydrogen-bond donors (Lipinski definition) is 0. The Labute approximate surface area is 163 Å².